The molecule has 0 bridgehead atoms. The van der Waals surface area contributed by atoms with E-state index in [1.165, 1.54) is 11.6 Å². The van der Waals surface area contributed by atoms with E-state index in [1.54, 1.807) is 19.1 Å². The van der Waals surface area contributed by atoms with Crippen molar-refractivity contribution in [2.45, 2.75) is 26.9 Å². The largest absolute Gasteiger partial charge is 0.497 e. The summed E-state index contributed by atoms with van der Waals surface area (Å²) in [5, 5.41) is 0. The second-order valence-corrected chi connectivity index (χ2v) is 7.36. The SMILES string of the molecule is COc1cccc(CN(C)CC(=O)c2c(N)n(CC(C)C)c(=O)n(C)c2=O)c1. The third-order valence-corrected chi connectivity index (χ3v) is 4.41. The fraction of sp³-hybridized carbons (Fsp3) is 0.450. The Labute approximate surface area is 164 Å². The zero-order valence-electron chi connectivity index (χ0n) is 17.1. The normalized spacial score (nSPS) is 11.2. The molecule has 8 heteroatoms. The van der Waals surface area contributed by atoms with Crippen LogP contribution in [-0.2, 0) is 20.1 Å². The number of rotatable bonds is 8. The monoisotopic (exact) mass is 388 g/mol. The van der Waals surface area contributed by atoms with Crippen LogP contribution >= 0.6 is 0 Å². The summed E-state index contributed by atoms with van der Waals surface area (Å²) in [6.45, 7) is 4.69. The van der Waals surface area contributed by atoms with Gasteiger partial charge >= 0.3 is 5.69 Å². The van der Waals surface area contributed by atoms with Gasteiger partial charge in [-0.2, -0.15) is 0 Å². The molecule has 0 aliphatic heterocycles. The van der Waals surface area contributed by atoms with Crippen molar-refractivity contribution in [1.82, 2.24) is 14.0 Å². The molecule has 0 amide bonds. The van der Waals surface area contributed by atoms with Crippen molar-refractivity contribution in [3.05, 3.63) is 56.2 Å². The number of carbonyl (C=O) groups excluding carboxylic acids is 1. The lowest BCUT2D eigenvalue weighted by atomic mass is 10.1. The van der Waals surface area contributed by atoms with Crippen LogP contribution in [0.5, 0.6) is 5.75 Å². The van der Waals surface area contributed by atoms with Gasteiger partial charge in [0.25, 0.3) is 5.56 Å². The highest BCUT2D eigenvalue weighted by atomic mass is 16.5. The minimum absolute atomic E-state index is 0.00344. The number of hydrogen-bond acceptors (Lipinski definition) is 6. The summed E-state index contributed by atoms with van der Waals surface area (Å²) >= 11 is 0. The average Bonchev–Trinajstić information content (AvgIpc) is 2.63. The zero-order valence-corrected chi connectivity index (χ0v) is 17.1. The third kappa shape index (κ3) is 4.69. The lowest BCUT2D eigenvalue weighted by Gasteiger charge is -2.19. The molecule has 1 aromatic carbocycles. The lowest BCUT2D eigenvalue weighted by molar-refractivity contribution is 0.0941. The molecule has 0 radical (unpaired) electrons. The van der Waals surface area contributed by atoms with E-state index in [1.807, 2.05) is 38.1 Å². The molecule has 0 aliphatic rings. The maximum atomic E-state index is 12.8. The Balaban J connectivity index is 2.29. The van der Waals surface area contributed by atoms with E-state index in [9.17, 15) is 14.4 Å². The van der Waals surface area contributed by atoms with Gasteiger partial charge in [-0.1, -0.05) is 26.0 Å². The Kier molecular flexibility index (Phi) is 6.80. The molecular weight excluding hydrogens is 360 g/mol. The number of nitrogens with zero attached hydrogens (tertiary/aromatic N) is 3. The molecule has 8 nitrogen and oxygen atoms in total. The molecule has 2 rings (SSSR count). The number of hydrogen-bond donors (Lipinski definition) is 1. The van der Waals surface area contributed by atoms with Gasteiger partial charge in [-0.25, -0.2) is 4.79 Å². The Morgan fingerprint density at radius 2 is 1.96 bits per heavy atom. The maximum Gasteiger partial charge on any atom is 0.332 e. The second-order valence-electron chi connectivity index (χ2n) is 7.36. The molecule has 0 saturated carbocycles. The summed E-state index contributed by atoms with van der Waals surface area (Å²) in [4.78, 5) is 39.5. The number of Topliss-reactive ketones (excluding diaryl/α,β-unsaturated/α-hetero) is 1. The number of ketones is 1. The summed E-state index contributed by atoms with van der Waals surface area (Å²) in [6.07, 6.45) is 0. The predicted molar refractivity (Wildman–Crippen MR) is 109 cm³/mol. The van der Waals surface area contributed by atoms with E-state index in [2.05, 4.69) is 0 Å². The molecule has 2 aromatic rings. The van der Waals surface area contributed by atoms with Crippen LogP contribution in [0.3, 0.4) is 0 Å². The van der Waals surface area contributed by atoms with E-state index >= 15 is 0 Å². The van der Waals surface area contributed by atoms with Crippen LogP contribution in [0.1, 0.15) is 29.8 Å². The Bertz CT molecular complexity index is 975. The fourth-order valence-corrected chi connectivity index (χ4v) is 3.05. The lowest BCUT2D eigenvalue weighted by Crippen LogP contribution is -2.44. The van der Waals surface area contributed by atoms with Crippen LogP contribution in [0.2, 0.25) is 0 Å². The predicted octanol–water partition coefficient (Wildman–Crippen LogP) is 1.11. The van der Waals surface area contributed by atoms with Gasteiger partial charge < -0.3 is 10.5 Å². The zero-order chi connectivity index (χ0) is 21.0. The molecule has 152 valence electrons. The summed E-state index contributed by atoms with van der Waals surface area (Å²) in [5.41, 5.74) is 5.72. The van der Waals surface area contributed by atoms with Gasteiger partial charge in [0.2, 0.25) is 0 Å². The summed E-state index contributed by atoms with van der Waals surface area (Å²) in [7, 11) is 4.73. The van der Waals surface area contributed by atoms with Crippen molar-refractivity contribution >= 4 is 11.6 Å². The number of nitrogens with two attached hydrogens (primary N) is 1. The molecule has 0 saturated heterocycles. The molecule has 1 heterocycles. The van der Waals surface area contributed by atoms with Gasteiger partial charge in [0, 0.05) is 20.1 Å². The van der Waals surface area contributed by atoms with Crippen molar-refractivity contribution in [2.75, 3.05) is 26.4 Å². The van der Waals surface area contributed by atoms with Crippen LogP contribution in [0, 0.1) is 5.92 Å². The number of likely N-dealkylation sites (N-methyl/N-ethyl adjacent to an activating group) is 1. The number of methoxy groups -OCH3 is 1. The molecule has 0 fully saturated rings. The molecule has 28 heavy (non-hydrogen) atoms. The summed E-state index contributed by atoms with van der Waals surface area (Å²) in [5.74, 6) is 0.384. The Hall–Kier alpha value is -2.87. The van der Waals surface area contributed by atoms with Crippen LogP contribution < -0.4 is 21.7 Å². The summed E-state index contributed by atoms with van der Waals surface area (Å²) < 4.78 is 7.44. The van der Waals surface area contributed by atoms with Crippen LogP contribution in [0.15, 0.2) is 33.9 Å². The highest BCUT2D eigenvalue weighted by molar-refractivity contribution is 6.01. The first-order valence-corrected chi connectivity index (χ1v) is 9.09. The molecule has 2 N–H and O–H groups in total. The van der Waals surface area contributed by atoms with Crippen LogP contribution in [-0.4, -0.2) is 40.5 Å². The maximum absolute atomic E-state index is 12.8. The van der Waals surface area contributed by atoms with E-state index in [0.29, 0.717) is 13.1 Å². The highest BCUT2D eigenvalue weighted by Crippen LogP contribution is 2.14. The second kappa shape index (κ2) is 8.88. The number of nitrogen functional groups attached to an aromatic ring is 1. The van der Waals surface area contributed by atoms with Gasteiger partial charge in [0.15, 0.2) is 5.78 Å². The van der Waals surface area contributed by atoms with E-state index in [-0.39, 0.29) is 23.8 Å². The highest BCUT2D eigenvalue weighted by Gasteiger charge is 2.22. The van der Waals surface area contributed by atoms with E-state index in [0.717, 1.165) is 15.9 Å². The Morgan fingerprint density at radius 1 is 1.29 bits per heavy atom. The van der Waals surface area contributed by atoms with Crippen molar-refractivity contribution < 1.29 is 9.53 Å². The van der Waals surface area contributed by atoms with E-state index < -0.39 is 17.0 Å². The number of benzene rings is 1. The van der Waals surface area contributed by atoms with Crippen molar-refractivity contribution in [3.8, 4) is 5.75 Å². The molecule has 0 spiro atoms. The molecular formula is C20H28N4O4. The van der Waals surface area contributed by atoms with Crippen molar-refractivity contribution in [3.63, 3.8) is 0 Å². The van der Waals surface area contributed by atoms with Gasteiger partial charge in [-0.15, -0.1) is 0 Å². The third-order valence-electron chi connectivity index (χ3n) is 4.41. The molecule has 0 atom stereocenters. The standard InChI is InChI=1S/C20H28N4O4/c1-13(2)10-24-18(21)17(19(26)23(4)20(24)27)16(25)12-22(3)11-14-7-6-8-15(9-14)28-5/h6-9,13H,10-12,21H2,1-5H3. The molecule has 1 aromatic heterocycles. The summed E-state index contributed by atoms with van der Waals surface area (Å²) in [6, 6.07) is 7.53. The van der Waals surface area contributed by atoms with Gasteiger partial charge in [-0.05, 0) is 30.7 Å². The van der Waals surface area contributed by atoms with Gasteiger partial charge in [0.1, 0.15) is 17.1 Å². The van der Waals surface area contributed by atoms with Crippen LogP contribution in [0.25, 0.3) is 0 Å². The minimum atomic E-state index is -0.665. The molecule has 0 unspecified atom stereocenters. The first-order valence-electron chi connectivity index (χ1n) is 9.09. The van der Waals surface area contributed by atoms with Gasteiger partial charge in [0.05, 0.1) is 13.7 Å². The van der Waals surface area contributed by atoms with Crippen molar-refractivity contribution in [2.24, 2.45) is 13.0 Å². The first-order chi connectivity index (χ1) is 13.1. The van der Waals surface area contributed by atoms with Crippen molar-refractivity contribution in [1.29, 1.82) is 0 Å². The van der Waals surface area contributed by atoms with Gasteiger partial charge in [-0.3, -0.25) is 23.6 Å². The van der Waals surface area contributed by atoms with Crippen LogP contribution in [0.4, 0.5) is 5.82 Å². The molecule has 0 aliphatic carbocycles. The number of aromatic nitrogens is 2. The quantitative estimate of drug-likeness (QED) is 0.680. The van der Waals surface area contributed by atoms with E-state index in [4.69, 9.17) is 10.5 Å². The minimum Gasteiger partial charge on any atom is -0.497 e. The Morgan fingerprint density at radius 3 is 2.57 bits per heavy atom. The average molecular weight is 388 g/mol. The number of carbonyl (C=O) groups is 1. The number of anilines is 1. The topological polar surface area (TPSA) is 99.6 Å². The smallest absolute Gasteiger partial charge is 0.332 e. The number of ether oxygens (including phenoxy) is 1. The fourth-order valence-electron chi connectivity index (χ4n) is 3.05. The first kappa shape index (κ1) is 21.4.